The van der Waals surface area contributed by atoms with Crippen LogP contribution in [-0.4, -0.2) is 26.6 Å². The van der Waals surface area contributed by atoms with Gasteiger partial charge in [0.1, 0.15) is 11.4 Å². The minimum atomic E-state index is -0.0699. The van der Waals surface area contributed by atoms with Gasteiger partial charge in [-0.2, -0.15) is 5.10 Å². The van der Waals surface area contributed by atoms with Crippen LogP contribution < -0.4 is 4.74 Å². The first-order chi connectivity index (χ1) is 14.1. The summed E-state index contributed by atoms with van der Waals surface area (Å²) < 4.78 is 9.40. The summed E-state index contributed by atoms with van der Waals surface area (Å²) in [5.41, 5.74) is 5.07. The number of hydrogen-bond donors (Lipinski definition) is 0. The van der Waals surface area contributed by atoms with Crippen molar-refractivity contribution in [3.63, 3.8) is 0 Å². The standard InChI is InChI=1S/C24H23N3O2/c1-4-16-26-20-8-6-7-9-21(20)27-24(26)23(17(3)25-27)22(28)15-12-18-10-13-19(14-11-18)29-5-2/h4,6-15H,1,5,16H2,2-3H3. The highest BCUT2D eigenvalue weighted by Gasteiger charge is 2.21. The van der Waals surface area contributed by atoms with E-state index in [9.17, 15) is 4.79 Å². The van der Waals surface area contributed by atoms with Gasteiger partial charge in [0, 0.05) is 6.54 Å². The number of allylic oxidation sites excluding steroid dienone is 2. The summed E-state index contributed by atoms with van der Waals surface area (Å²) in [6.45, 7) is 8.92. The first-order valence-corrected chi connectivity index (χ1v) is 9.66. The largest absolute Gasteiger partial charge is 0.494 e. The molecule has 4 rings (SSSR count). The Bertz CT molecular complexity index is 1230. The number of carbonyl (C=O) groups is 1. The average molecular weight is 385 g/mol. The highest BCUT2D eigenvalue weighted by Crippen LogP contribution is 2.26. The van der Waals surface area contributed by atoms with E-state index >= 15 is 0 Å². The zero-order valence-corrected chi connectivity index (χ0v) is 16.6. The van der Waals surface area contributed by atoms with Crippen molar-refractivity contribution in [3.8, 4) is 5.75 Å². The molecule has 0 N–H and O–H groups in total. The van der Waals surface area contributed by atoms with Gasteiger partial charge in [-0.05, 0) is 49.8 Å². The molecule has 4 aromatic rings. The van der Waals surface area contributed by atoms with Crippen LogP contribution in [0.1, 0.15) is 28.5 Å². The molecule has 2 heterocycles. The van der Waals surface area contributed by atoms with E-state index in [1.165, 1.54) is 0 Å². The Morgan fingerprint density at radius 1 is 1.14 bits per heavy atom. The van der Waals surface area contributed by atoms with Crippen molar-refractivity contribution in [1.82, 2.24) is 14.2 Å². The molecular weight excluding hydrogens is 362 g/mol. The normalized spacial score (nSPS) is 11.5. The van der Waals surface area contributed by atoms with Crippen molar-refractivity contribution < 1.29 is 9.53 Å². The molecule has 0 fully saturated rings. The van der Waals surface area contributed by atoms with Crippen LogP contribution in [0, 0.1) is 6.92 Å². The Morgan fingerprint density at radius 2 is 1.86 bits per heavy atom. The maximum absolute atomic E-state index is 13.1. The Labute approximate surface area is 169 Å². The second kappa shape index (κ2) is 7.80. The fourth-order valence-electron chi connectivity index (χ4n) is 3.62. The molecule has 0 amide bonds. The first-order valence-electron chi connectivity index (χ1n) is 9.66. The van der Waals surface area contributed by atoms with E-state index in [0.29, 0.717) is 24.4 Å². The summed E-state index contributed by atoms with van der Waals surface area (Å²) in [6, 6.07) is 15.7. The topological polar surface area (TPSA) is 48.5 Å². The van der Waals surface area contributed by atoms with Gasteiger partial charge >= 0.3 is 0 Å². The molecule has 5 heteroatoms. The number of ether oxygens (including phenoxy) is 1. The highest BCUT2D eigenvalue weighted by molar-refractivity contribution is 6.12. The number of imidazole rings is 1. The number of benzene rings is 2. The number of carbonyl (C=O) groups excluding carboxylic acids is 1. The van der Waals surface area contributed by atoms with E-state index in [4.69, 9.17) is 4.74 Å². The monoisotopic (exact) mass is 385 g/mol. The number of aromatic nitrogens is 3. The van der Waals surface area contributed by atoms with E-state index in [1.807, 2.05) is 79.0 Å². The van der Waals surface area contributed by atoms with Crippen molar-refractivity contribution in [3.05, 3.63) is 84.1 Å². The summed E-state index contributed by atoms with van der Waals surface area (Å²) in [7, 11) is 0. The molecule has 0 bridgehead atoms. The molecule has 0 aliphatic rings. The van der Waals surface area contributed by atoms with E-state index in [2.05, 4.69) is 16.2 Å². The van der Waals surface area contributed by atoms with Crippen LogP contribution in [-0.2, 0) is 6.54 Å². The van der Waals surface area contributed by atoms with E-state index in [-0.39, 0.29) is 5.78 Å². The number of rotatable bonds is 7. The smallest absolute Gasteiger partial charge is 0.191 e. The third-order valence-corrected chi connectivity index (χ3v) is 4.87. The van der Waals surface area contributed by atoms with Crippen molar-refractivity contribution in [2.24, 2.45) is 0 Å². The fraction of sp³-hybridized carbons (Fsp3) is 0.167. The van der Waals surface area contributed by atoms with Crippen molar-refractivity contribution >= 4 is 28.5 Å². The molecule has 2 aromatic heterocycles. The van der Waals surface area contributed by atoms with Crippen LogP contribution in [0.5, 0.6) is 5.75 Å². The predicted molar refractivity (Wildman–Crippen MR) is 117 cm³/mol. The number of nitrogens with zero attached hydrogens (tertiary/aromatic N) is 3. The zero-order valence-electron chi connectivity index (χ0n) is 16.6. The van der Waals surface area contributed by atoms with Gasteiger partial charge in [0.2, 0.25) is 0 Å². The lowest BCUT2D eigenvalue weighted by atomic mass is 10.1. The molecule has 0 aliphatic carbocycles. The maximum Gasteiger partial charge on any atom is 0.191 e. The molecule has 0 aliphatic heterocycles. The Morgan fingerprint density at radius 3 is 2.55 bits per heavy atom. The predicted octanol–water partition coefficient (Wildman–Crippen LogP) is 5.08. The molecule has 2 aromatic carbocycles. The number of hydrogen-bond acceptors (Lipinski definition) is 3. The summed E-state index contributed by atoms with van der Waals surface area (Å²) >= 11 is 0. The maximum atomic E-state index is 13.1. The molecular formula is C24H23N3O2. The van der Waals surface area contributed by atoms with Gasteiger partial charge in [0.15, 0.2) is 5.78 Å². The summed E-state index contributed by atoms with van der Waals surface area (Å²) in [5, 5.41) is 4.64. The lowest BCUT2D eigenvalue weighted by molar-refractivity contribution is 0.104. The fourth-order valence-corrected chi connectivity index (χ4v) is 3.62. The van der Waals surface area contributed by atoms with Gasteiger partial charge in [0.25, 0.3) is 0 Å². The van der Waals surface area contributed by atoms with Gasteiger partial charge in [-0.1, -0.05) is 36.4 Å². The van der Waals surface area contributed by atoms with Crippen LogP contribution in [0.2, 0.25) is 0 Å². The second-order valence-electron chi connectivity index (χ2n) is 6.78. The van der Waals surface area contributed by atoms with E-state index < -0.39 is 0 Å². The quantitative estimate of drug-likeness (QED) is 0.253. The first kappa shape index (κ1) is 18.7. The van der Waals surface area contributed by atoms with Gasteiger partial charge in [-0.15, -0.1) is 6.58 Å². The van der Waals surface area contributed by atoms with Gasteiger partial charge in [-0.25, -0.2) is 4.52 Å². The second-order valence-corrected chi connectivity index (χ2v) is 6.78. The minimum absolute atomic E-state index is 0.0699. The molecule has 29 heavy (non-hydrogen) atoms. The Kier molecular flexibility index (Phi) is 5.04. The molecule has 0 radical (unpaired) electrons. The lowest BCUT2D eigenvalue weighted by Crippen LogP contribution is -2.02. The molecule has 0 saturated carbocycles. The number of para-hydroxylation sites is 2. The average Bonchev–Trinajstić information content (AvgIpc) is 3.22. The number of ketones is 1. The van der Waals surface area contributed by atoms with Crippen molar-refractivity contribution in [1.29, 1.82) is 0 Å². The molecule has 0 spiro atoms. The lowest BCUT2D eigenvalue weighted by Gasteiger charge is -2.04. The van der Waals surface area contributed by atoms with Crippen LogP contribution in [0.15, 0.2) is 67.3 Å². The molecule has 0 atom stereocenters. The molecule has 0 unspecified atom stereocenters. The SMILES string of the molecule is C=CCn1c2ccccc2n2nc(C)c(C(=O)C=Cc3ccc(OCC)cc3)c12. The van der Waals surface area contributed by atoms with Crippen LogP contribution >= 0.6 is 0 Å². The third kappa shape index (κ3) is 3.36. The molecule has 5 nitrogen and oxygen atoms in total. The van der Waals surface area contributed by atoms with E-state index in [0.717, 1.165) is 28.0 Å². The number of aryl methyl sites for hydroxylation is 1. The van der Waals surface area contributed by atoms with Crippen molar-refractivity contribution in [2.45, 2.75) is 20.4 Å². The number of fused-ring (bicyclic) bond motifs is 3. The summed E-state index contributed by atoms with van der Waals surface area (Å²) in [5.74, 6) is 0.749. The van der Waals surface area contributed by atoms with Crippen LogP contribution in [0.25, 0.3) is 22.8 Å². The zero-order chi connectivity index (χ0) is 20.4. The Balaban J connectivity index is 1.75. The molecule has 0 saturated heterocycles. The van der Waals surface area contributed by atoms with Gasteiger partial charge < -0.3 is 9.30 Å². The van der Waals surface area contributed by atoms with Crippen LogP contribution in [0.4, 0.5) is 0 Å². The highest BCUT2D eigenvalue weighted by atomic mass is 16.5. The van der Waals surface area contributed by atoms with Crippen molar-refractivity contribution in [2.75, 3.05) is 6.61 Å². The molecule has 146 valence electrons. The van der Waals surface area contributed by atoms with Gasteiger partial charge in [-0.3, -0.25) is 4.79 Å². The van der Waals surface area contributed by atoms with E-state index in [1.54, 1.807) is 6.08 Å². The minimum Gasteiger partial charge on any atom is -0.494 e. The summed E-state index contributed by atoms with van der Waals surface area (Å²) in [6.07, 6.45) is 5.26. The Hall–Kier alpha value is -3.60. The third-order valence-electron chi connectivity index (χ3n) is 4.87. The van der Waals surface area contributed by atoms with Crippen LogP contribution in [0.3, 0.4) is 0 Å². The van der Waals surface area contributed by atoms with Gasteiger partial charge in [0.05, 0.1) is 28.9 Å². The summed E-state index contributed by atoms with van der Waals surface area (Å²) in [4.78, 5) is 13.1.